The summed E-state index contributed by atoms with van der Waals surface area (Å²) in [5.41, 5.74) is 1.29. The van der Waals surface area contributed by atoms with Gasteiger partial charge in [0.1, 0.15) is 18.7 Å². The zero-order chi connectivity index (χ0) is 14.4. The normalized spacial score (nSPS) is 11.7. The molecule has 20 heavy (non-hydrogen) atoms. The first kappa shape index (κ1) is 14.5. The van der Waals surface area contributed by atoms with Crippen molar-refractivity contribution in [2.45, 2.75) is 20.0 Å². The summed E-state index contributed by atoms with van der Waals surface area (Å²) in [5.74, 6) is 1.73. The van der Waals surface area contributed by atoms with Crippen LogP contribution in [0.25, 0.3) is 0 Å². The third kappa shape index (κ3) is 3.80. The number of aromatic nitrogens is 3. The summed E-state index contributed by atoms with van der Waals surface area (Å²) in [6.07, 6.45) is 1.55. The lowest BCUT2D eigenvalue weighted by molar-refractivity contribution is 0.476. The molecule has 7 heteroatoms. The van der Waals surface area contributed by atoms with Crippen LogP contribution in [0.2, 0.25) is 0 Å². The van der Waals surface area contributed by atoms with Crippen molar-refractivity contribution in [1.29, 1.82) is 0 Å². The van der Waals surface area contributed by atoms with Crippen LogP contribution in [0.15, 0.2) is 28.1 Å². The van der Waals surface area contributed by atoms with Crippen LogP contribution in [-0.2, 0) is 20.1 Å². The molecule has 2 heterocycles. The molecule has 0 saturated heterocycles. The van der Waals surface area contributed by atoms with Gasteiger partial charge in [-0.1, -0.05) is 0 Å². The maximum Gasteiger partial charge on any atom is 0.194 e. The average Bonchev–Trinajstić information content (AvgIpc) is 3.06. The highest BCUT2D eigenvalue weighted by atomic mass is 32.1. The maximum absolute atomic E-state index is 4.61. The van der Waals surface area contributed by atoms with Crippen LogP contribution in [0.5, 0.6) is 0 Å². The minimum atomic E-state index is 0.521. The quantitative estimate of drug-likeness (QED) is 0.670. The van der Waals surface area contributed by atoms with Crippen LogP contribution >= 0.6 is 11.3 Å². The van der Waals surface area contributed by atoms with E-state index in [-0.39, 0.29) is 0 Å². The second-order valence-corrected chi connectivity index (χ2v) is 5.24. The van der Waals surface area contributed by atoms with Gasteiger partial charge in [-0.2, -0.15) is 16.4 Å². The van der Waals surface area contributed by atoms with Crippen molar-refractivity contribution < 1.29 is 0 Å². The molecule has 0 amide bonds. The van der Waals surface area contributed by atoms with Crippen LogP contribution in [0.1, 0.15) is 18.3 Å². The molecule has 0 radical (unpaired) electrons. The molecular formula is C13H20N6S. The molecule has 0 aromatic carbocycles. The minimum Gasteiger partial charge on any atom is -0.357 e. The molecule has 0 unspecified atom stereocenters. The van der Waals surface area contributed by atoms with Crippen molar-refractivity contribution in [3.63, 3.8) is 0 Å². The van der Waals surface area contributed by atoms with E-state index in [0.29, 0.717) is 6.54 Å². The van der Waals surface area contributed by atoms with Gasteiger partial charge in [0, 0.05) is 27.2 Å². The third-order valence-electron chi connectivity index (χ3n) is 2.87. The maximum atomic E-state index is 4.61. The fourth-order valence-electron chi connectivity index (χ4n) is 1.81. The number of hydrogen-bond donors (Lipinski definition) is 1. The van der Waals surface area contributed by atoms with E-state index in [4.69, 9.17) is 0 Å². The van der Waals surface area contributed by atoms with E-state index in [1.54, 1.807) is 22.3 Å². The zero-order valence-corrected chi connectivity index (χ0v) is 12.9. The first-order valence-electron chi connectivity index (χ1n) is 6.54. The van der Waals surface area contributed by atoms with Gasteiger partial charge in [0.25, 0.3) is 0 Å². The van der Waals surface area contributed by atoms with Gasteiger partial charge in [-0.05, 0) is 29.3 Å². The van der Waals surface area contributed by atoms with Gasteiger partial charge in [-0.15, -0.1) is 0 Å². The Morgan fingerprint density at radius 2 is 2.40 bits per heavy atom. The summed E-state index contributed by atoms with van der Waals surface area (Å²) in [4.78, 5) is 10.9. The van der Waals surface area contributed by atoms with Crippen LogP contribution in [0, 0.1) is 0 Å². The Morgan fingerprint density at radius 1 is 1.55 bits per heavy atom. The van der Waals surface area contributed by atoms with Crippen molar-refractivity contribution >= 4 is 17.3 Å². The van der Waals surface area contributed by atoms with Gasteiger partial charge in [-0.3, -0.25) is 4.68 Å². The molecule has 2 aromatic heterocycles. The molecule has 6 nitrogen and oxygen atoms in total. The Bertz CT molecular complexity index is 545. The highest BCUT2D eigenvalue weighted by Gasteiger charge is 2.07. The number of thiophene rings is 1. The summed E-state index contributed by atoms with van der Waals surface area (Å²) < 4.78 is 1.74. The van der Waals surface area contributed by atoms with E-state index in [9.17, 15) is 0 Å². The highest BCUT2D eigenvalue weighted by Crippen LogP contribution is 2.08. The molecule has 108 valence electrons. The van der Waals surface area contributed by atoms with Gasteiger partial charge in [0.2, 0.25) is 0 Å². The number of nitrogens with one attached hydrogen (secondary N) is 1. The van der Waals surface area contributed by atoms with Crippen molar-refractivity contribution in [3.05, 3.63) is 34.5 Å². The van der Waals surface area contributed by atoms with E-state index >= 15 is 0 Å². The summed E-state index contributed by atoms with van der Waals surface area (Å²) in [6.45, 7) is 4.27. The van der Waals surface area contributed by atoms with Gasteiger partial charge in [-0.25, -0.2) is 9.98 Å². The SMILES string of the molecule is CCNC(=NCc1ncnn1C)N(C)Cc1ccsc1. The lowest BCUT2D eigenvalue weighted by Gasteiger charge is -2.21. The predicted molar refractivity (Wildman–Crippen MR) is 81.6 cm³/mol. The number of rotatable bonds is 5. The Balaban J connectivity index is 2.03. The lowest BCUT2D eigenvalue weighted by Crippen LogP contribution is -2.38. The standard InChI is InChI=1S/C13H20N6S/c1-4-14-13(15-7-12-16-10-17-19(12)3)18(2)8-11-5-6-20-9-11/h5-6,9-10H,4,7-8H2,1-3H3,(H,14,15). The van der Waals surface area contributed by atoms with E-state index in [1.807, 2.05) is 14.1 Å². The van der Waals surface area contributed by atoms with Gasteiger partial charge < -0.3 is 10.2 Å². The average molecular weight is 292 g/mol. The van der Waals surface area contributed by atoms with Crippen molar-refractivity contribution in [1.82, 2.24) is 25.0 Å². The lowest BCUT2D eigenvalue weighted by atomic mass is 10.3. The number of hydrogen-bond acceptors (Lipinski definition) is 4. The molecule has 0 fully saturated rings. The predicted octanol–water partition coefficient (Wildman–Crippen LogP) is 1.47. The molecule has 2 rings (SSSR count). The molecular weight excluding hydrogens is 272 g/mol. The third-order valence-corrected chi connectivity index (χ3v) is 3.60. The van der Waals surface area contributed by atoms with Crippen molar-refractivity contribution in [2.24, 2.45) is 12.0 Å². The monoisotopic (exact) mass is 292 g/mol. The minimum absolute atomic E-state index is 0.521. The largest absolute Gasteiger partial charge is 0.357 e. The summed E-state index contributed by atoms with van der Waals surface area (Å²) in [7, 11) is 3.91. The second-order valence-electron chi connectivity index (χ2n) is 4.46. The van der Waals surface area contributed by atoms with E-state index in [1.165, 1.54) is 5.56 Å². The van der Waals surface area contributed by atoms with Crippen LogP contribution in [0.4, 0.5) is 0 Å². The number of guanidine groups is 1. The number of aliphatic imine (C=N–C) groups is 1. The van der Waals surface area contributed by atoms with Gasteiger partial charge >= 0.3 is 0 Å². The smallest absolute Gasteiger partial charge is 0.194 e. The first-order valence-corrected chi connectivity index (χ1v) is 7.48. The second kappa shape index (κ2) is 7.04. The fourth-order valence-corrected chi connectivity index (χ4v) is 2.47. The van der Waals surface area contributed by atoms with Crippen molar-refractivity contribution in [2.75, 3.05) is 13.6 Å². The van der Waals surface area contributed by atoms with E-state index in [2.05, 4.69) is 49.0 Å². The molecule has 0 bridgehead atoms. The Morgan fingerprint density at radius 3 is 3.00 bits per heavy atom. The fraction of sp³-hybridized carbons (Fsp3) is 0.462. The zero-order valence-electron chi connectivity index (χ0n) is 12.1. The molecule has 2 aromatic rings. The van der Waals surface area contributed by atoms with Crippen LogP contribution in [-0.4, -0.2) is 39.2 Å². The van der Waals surface area contributed by atoms with E-state index in [0.717, 1.165) is 24.9 Å². The van der Waals surface area contributed by atoms with Gasteiger partial charge in [0.05, 0.1) is 0 Å². The van der Waals surface area contributed by atoms with Crippen LogP contribution < -0.4 is 5.32 Å². The van der Waals surface area contributed by atoms with Crippen LogP contribution in [0.3, 0.4) is 0 Å². The van der Waals surface area contributed by atoms with Crippen molar-refractivity contribution in [3.8, 4) is 0 Å². The molecule has 0 aliphatic rings. The Kier molecular flexibility index (Phi) is 5.11. The Hall–Kier alpha value is -1.89. The Labute approximate surface area is 123 Å². The number of nitrogens with zero attached hydrogens (tertiary/aromatic N) is 5. The molecule has 0 atom stereocenters. The van der Waals surface area contributed by atoms with E-state index < -0.39 is 0 Å². The van der Waals surface area contributed by atoms with Gasteiger partial charge in [0.15, 0.2) is 5.96 Å². The molecule has 0 aliphatic heterocycles. The molecule has 0 saturated carbocycles. The topological polar surface area (TPSA) is 58.3 Å². The summed E-state index contributed by atoms with van der Waals surface area (Å²) >= 11 is 1.71. The summed E-state index contributed by atoms with van der Waals surface area (Å²) in [6, 6.07) is 2.13. The number of aryl methyl sites for hydroxylation is 1. The first-order chi connectivity index (χ1) is 9.70. The highest BCUT2D eigenvalue weighted by molar-refractivity contribution is 7.07. The summed E-state index contributed by atoms with van der Waals surface area (Å²) in [5, 5.41) is 11.6. The molecule has 0 spiro atoms. The molecule has 0 aliphatic carbocycles. The molecule has 1 N–H and O–H groups in total.